The maximum Gasteiger partial charge on any atom is 0.241 e. The van der Waals surface area contributed by atoms with Crippen molar-refractivity contribution in [2.45, 2.75) is 21.3 Å². The molecule has 6 nitrogen and oxygen atoms in total. The summed E-state index contributed by atoms with van der Waals surface area (Å²) in [5.74, 6) is 0. The Morgan fingerprint density at radius 2 is 1.20 bits per heavy atom. The van der Waals surface area contributed by atoms with Crippen molar-refractivity contribution in [3.05, 3.63) is 139 Å². The summed E-state index contributed by atoms with van der Waals surface area (Å²) in [4.78, 5) is 5.24. The number of sulfonamides is 1. The highest BCUT2D eigenvalue weighted by Gasteiger charge is 2.38. The smallest absolute Gasteiger partial charge is 0.219 e. The van der Waals surface area contributed by atoms with Crippen LogP contribution in [-0.2, 0) is 10.0 Å². The summed E-state index contributed by atoms with van der Waals surface area (Å²) in [6, 6.07) is 39.9. The number of benzene rings is 5. The van der Waals surface area contributed by atoms with E-state index < -0.39 is 16.1 Å². The molecule has 0 spiro atoms. The van der Waals surface area contributed by atoms with Gasteiger partial charge in [0.05, 0.1) is 16.2 Å². The molecule has 1 N–H and O–H groups in total. The Bertz CT molecular complexity index is 1960. The maximum absolute atomic E-state index is 13.5. The molecule has 1 heterocycles. The van der Waals surface area contributed by atoms with Gasteiger partial charge in [0, 0.05) is 11.1 Å². The van der Waals surface area contributed by atoms with E-state index in [1.807, 2.05) is 78.9 Å². The van der Waals surface area contributed by atoms with E-state index in [-0.39, 0.29) is 10.1 Å². The molecule has 1 aliphatic rings. The van der Waals surface area contributed by atoms with Gasteiger partial charge in [0.1, 0.15) is 11.4 Å². The fourth-order valence-electron chi connectivity index (χ4n) is 5.39. The minimum atomic E-state index is -3.80. The van der Waals surface area contributed by atoms with E-state index in [0.29, 0.717) is 10.9 Å². The second-order valence-electron chi connectivity index (χ2n) is 9.77. The first kappa shape index (κ1) is 25.6. The fourth-order valence-corrected chi connectivity index (χ4v) is 7.86. The van der Waals surface area contributed by atoms with Crippen LogP contribution >= 0.6 is 11.8 Å². The molecule has 8 heteroatoms. The van der Waals surface area contributed by atoms with Crippen molar-refractivity contribution in [1.29, 1.82) is 0 Å². The van der Waals surface area contributed by atoms with Gasteiger partial charge in [-0.05, 0) is 34.0 Å². The van der Waals surface area contributed by atoms with Gasteiger partial charge in [0.15, 0.2) is 0 Å². The van der Waals surface area contributed by atoms with Gasteiger partial charge in [0.2, 0.25) is 15.2 Å². The lowest BCUT2D eigenvalue weighted by Gasteiger charge is -2.22. The molecular weight excluding hydrogens is 549 g/mol. The fraction of sp³-hybridized carbons (Fsp3) is 0.0606. The minimum absolute atomic E-state index is 0.225. The first-order chi connectivity index (χ1) is 20.1. The van der Waals surface area contributed by atoms with E-state index in [9.17, 15) is 8.42 Å². The summed E-state index contributed by atoms with van der Waals surface area (Å²) in [6.45, 7) is 0. The molecule has 5 aromatic carbocycles. The van der Waals surface area contributed by atoms with Crippen LogP contribution in [0.25, 0.3) is 33.3 Å². The monoisotopic (exact) mass is 572 g/mol. The van der Waals surface area contributed by atoms with Gasteiger partial charge in [0.25, 0.3) is 0 Å². The van der Waals surface area contributed by atoms with Crippen LogP contribution in [0.4, 0.5) is 0 Å². The lowest BCUT2D eigenvalue weighted by molar-refractivity contribution is 0.557. The average molecular weight is 573 g/mol. The molecule has 0 radical (unpaired) electrons. The Balaban J connectivity index is 1.33. The number of thioether (sulfide) groups is 1. The van der Waals surface area contributed by atoms with E-state index >= 15 is 0 Å². The zero-order chi connectivity index (χ0) is 27.8. The predicted molar refractivity (Wildman–Crippen MR) is 163 cm³/mol. The summed E-state index contributed by atoms with van der Waals surface area (Å²) in [5.41, 5.74) is 5.26. The van der Waals surface area contributed by atoms with Crippen LogP contribution < -0.4 is 4.72 Å². The van der Waals surface area contributed by atoms with Crippen molar-refractivity contribution < 1.29 is 8.42 Å². The molecule has 0 bridgehead atoms. The topological polar surface area (TPSA) is 84.8 Å². The van der Waals surface area contributed by atoms with Crippen LogP contribution in [-0.4, -0.2) is 23.6 Å². The SMILES string of the molecule is O=S(=O)(N[C@H]1c2cccc3cccc(c23)[C@H]1Sc1nnc(-c2ccccc2)c(-c2ccccc2)n1)c1ccccc1. The van der Waals surface area contributed by atoms with Crippen LogP contribution in [0.15, 0.2) is 137 Å². The molecule has 1 aromatic heterocycles. The standard InChI is InChI=1S/C33H24N4O2S2/c38-41(39,25-18-8-3-9-19-25)37-31-26-20-10-16-22-17-11-21-27(28(22)26)32(31)40-33-34-29(23-12-4-1-5-13-23)30(35-36-33)24-14-6-2-7-15-24/h1-21,31-32,37H/t31-,32+/m0/s1. The molecule has 7 rings (SSSR count). The van der Waals surface area contributed by atoms with E-state index in [1.165, 1.54) is 11.8 Å². The van der Waals surface area contributed by atoms with Crippen molar-refractivity contribution >= 4 is 32.6 Å². The van der Waals surface area contributed by atoms with Crippen LogP contribution in [0.2, 0.25) is 0 Å². The van der Waals surface area contributed by atoms with E-state index in [0.717, 1.165) is 38.7 Å². The molecule has 1 aliphatic carbocycles. The van der Waals surface area contributed by atoms with E-state index in [4.69, 9.17) is 4.98 Å². The van der Waals surface area contributed by atoms with Crippen molar-refractivity contribution in [2.24, 2.45) is 0 Å². The molecule has 0 aliphatic heterocycles. The number of nitrogens with zero attached hydrogens (tertiary/aromatic N) is 3. The molecule has 2 atom stereocenters. The molecular formula is C33H24N4O2S2. The number of hydrogen-bond acceptors (Lipinski definition) is 6. The predicted octanol–water partition coefficient (Wildman–Crippen LogP) is 7.23. The molecule has 0 saturated heterocycles. The lowest BCUT2D eigenvalue weighted by Crippen LogP contribution is -2.30. The average Bonchev–Trinajstić information content (AvgIpc) is 3.31. The minimum Gasteiger partial charge on any atom is -0.219 e. The Morgan fingerprint density at radius 3 is 1.85 bits per heavy atom. The summed E-state index contributed by atoms with van der Waals surface area (Å²) >= 11 is 1.43. The Morgan fingerprint density at radius 1 is 0.610 bits per heavy atom. The third-order valence-corrected chi connectivity index (χ3v) is 9.86. The first-order valence-corrected chi connectivity index (χ1v) is 15.6. The maximum atomic E-state index is 13.5. The Labute approximate surface area is 242 Å². The number of rotatable bonds is 7. The lowest BCUT2D eigenvalue weighted by atomic mass is 10.0. The van der Waals surface area contributed by atoms with Gasteiger partial charge in [-0.1, -0.05) is 127 Å². The second kappa shape index (κ2) is 10.6. The highest BCUT2D eigenvalue weighted by molar-refractivity contribution is 7.99. The Hall–Kier alpha value is -4.37. The third-order valence-electron chi connectivity index (χ3n) is 7.24. The molecule has 200 valence electrons. The summed E-state index contributed by atoms with van der Waals surface area (Å²) in [6.07, 6.45) is 0. The molecule has 0 saturated carbocycles. The third kappa shape index (κ3) is 4.80. The molecule has 0 fully saturated rings. The van der Waals surface area contributed by atoms with Gasteiger partial charge >= 0.3 is 0 Å². The molecule has 41 heavy (non-hydrogen) atoms. The zero-order valence-corrected chi connectivity index (χ0v) is 23.4. The number of hydrogen-bond donors (Lipinski definition) is 1. The van der Waals surface area contributed by atoms with Crippen LogP contribution in [0.5, 0.6) is 0 Å². The molecule has 0 amide bonds. The number of nitrogens with one attached hydrogen (secondary N) is 1. The van der Waals surface area contributed by atoms with Crippen molar-refractivity contribution in [3.8, 4) is 22.5 Å². The summed E-state index contributed by atoms with van der Waals surface area (Å²) in [5, 5.41) is 11.5. The zero-order valence-electron chi connectivity index (χ0n) is 21.8. The van der Waals surface area contributed by atoms with Crippen LogP contribution in [0.1, 0.15) is 22.4 Å². The van der Waals surface area contributed by atoms with Crippen molar-refractivity contribution in [1.82, 2.24) is 19.9 Å². The van der Waals surface area contributed by atoms with Crippen molar-refractivity contribution in [3.63, 3.8) is 0 Å². The molecule has 6 aromatic rings. The first-order valence-electron chi connectivity index (χ1n) is 13.2. The van der Waals surface area contributed by atoms with Gasteiger partial charge < -0.3 is 0 Å². The number of aromatic nitrogens is 3. The van der Waals surface area contributed by atoms with E-state index in [2.05, 4.69) is 33.1 Å². The second-order valence-corrected chi connectivity index (χ2v) is 12.6. The summed E-state index contributed by atoms with van der Waals surface area (Å²) < 4.78 is 30.1. The van der Waals surface area contributed by atoms with Crippen LogP contribution in [0, 0.1) is 0 Å². The van der Waals surface area contributed by atoms with E-state index in [1.54, 1.807) is 30.3 Å². The Kier molecular flexibility index (Phi) is 6.59. The quantitative estimate of drug-likeness (QED) is 0.217. The molecule has 0 unspecified atom stereocenters. The normalized spacial score (nSPS) is 16.2. The van der Waals surface area contributed by atoms with Crippen LogP contribution in [0.3, 0.4) is 0 Å². The largest absolute Gasteiger partial charge is 0.241 e. The van der Waals surface area contributed by atoms with Gasteiger partial charge in [-0.25, -0.2) is 18.1 Å². The van der Waals surface area contributed by atoms with Gasteiger partial charge in [-0.15, -0.1) is 10.2 Å². The highest BCUT2D eigenvalue weighted by atomic mass is 32.2. The van der Waals surface area contributed by atoms with Gasteiger partial charge in [-0.2, -0.15) is 0 Å². The van der Waals surface area contributed by atoms with Crippen molar-refractivity contribution in [2.75, 3.05) is 0 Å². The van der Waals surface area contributed by atoms with Gasteiger partial charge in [-0.3, -0.25) is 0 Å². The summed E-state index contributed by atoms with van der Waals surface area (Å²) in [7, 11) is -3.80. The highest BCUT2D eigenvalue weighted by Crippen LogP contribution is 2.53.